The van der Waals surface area contributed by atoms with E-state index in [-0.39, 0.29) is 18.0 Å². The van der Waals surface area contributed by atoms with Crippen LogP contribution in [0.2, 0.25) is 0 Å². The van der Waals surface area contributed by atoms with Crippen LogP contribution in [0, 0.1) is 23.2 Å². The molecule has 0 aromatic carbocycles. The number of ether oxygens (including phenoxy) is 1. The molecule has 0 spiro atoms. The highest BCUT2D eigenvalue weighted by molar-refractivity contribution is 5.78. The van der Waals surface area contributed by atoms with Gasteiger partial charge in [-0.05, 0) is 75.5 Å². The highest BCUT2D eigenvalue weighted by atomic mass is 16.6. The molecule has 4 bridgehead atoms. The Bertz CT molecular complexity index is 536. The SMILES string of the molecule is CCOC(=O)N1CCN(CC(=O)N[C@H](C)C23CC4CC(CC(C4)C2)C3)CC1. The highest BCUT2D eigenvalue weighted by Crippen LogP contribution is 2.61. The zero-order valence-electron chi connectivity index (χ0n) is 16.9. The minimum atomic E-state index is -0.239. The Kier molecular flexibility index (Phi) is 5.36. The maximum atomic E-state index is 12.7. The van der Waals surface area contributed by atoms with Gasteiger partial charge in [-0.2, -0.15) is 0 Å². The first-order chi connectivity index (χ1) is 13.0. The van der Waals surface area contributed by atoms with Crippen LogP contribution < -0.4 is 5.32 Å². The van der Waals surface area contributed by atoms with Crippen molar-refractivity contribution in [3.8, 4) is 0 Å². The molecule has 0 aromatic heterocycles. The van der Waals surface area contributed by atoms with Crippen LogP contribution in [0.5, 0.6) is 0 Å². The third-order valence-corrected chi connectivity index (χ3v) is 7.65. The van der Waals surface area contributed by atoms with Crippen LogP contribution in [0.1, 0.15) is 52.4 Å². The first-order valence-corrected chi connectivity index (χ1v) is 10.9. The van der Waals surface area contributed by atoms with Gasteiger partial charge in [-0.3, -0.25) is 9.69 Å². The van der Waals surface area contributed by atoms with Gasteiger partial charge in [-0.25, -0.2) is 4.79 Å². The van der Waals surface area contributed by atoms with Crippen LogP contribution in [-0.2, 0) is 9.53 Å². The molecule has 27 heavy (non-hydrogen) atoms. The third-order valence-electron chi connectivity index (χ3n) is 7.65. The number of carbonyl (C=O) groups excluding carboxylic acids is 2. The number of carbonyl (C=O) groups is 2. The number of hydrogen-bond donors (Lipinski definition) is 1. The lowest BCUT2D eigenvalue weighted by Gasteiger charge is -2.59. The molecule has 5 rings (SSSR count). The summed E-state index contributed by atoms with van der Waals surface area (Å²) in [6, 6.07) is 0.277. The van der Waals surface area contributed by atoms with Crippen LogP contribution in [0.4, 0.5) is 4.79 Å². The number of piperazine rings is 1. The van der Waals surface area contributed by atoms with Crippen molar-refractivity contribution in [2.75, 3.05) is 39.3 Å². The molecule has 6 heteroatoms. The first kappa shape index (κ1) is 19.0. The summed E-state index contributed by atoms with van der Waals surface area (Å²) in [5.74, 6) is 2.87. The molecule has 6 nitrogen and oxygen atoms in total. The van der Waals surface area contributed by atoms with Crippen molar-refractivity contribution in [2.45, 2.75) is 58.4 Å². The largest absolute Gasteiger partial charge is 0.450 e. The minimum absolute atomic E-state index is 0.142. The van der Waals surface area contributed by atoms with Crippen molar-refractivity contribution < 1.29 is 14.3 Å². The topological polar surface area (TPSA) is 61.9 Å². The lowest BCUT2D eigenvalue weighted by molar-refractivity contribution is -0.127. The fraction of sp³-hybridized carbons (Fsp3) is 0.905. The molecule has 4 saturated carbocycles. The normalized spacial score (nSPS) is 36.5. The van der Waals surface area contributed by atoms with Crippen molar-refractivity contribution >= 4 is 12.0 Å². The highest BCUT2D eigenvalue weighted by Gasteiger charge is 2.53. The maximum absolute atomic E-state index is 12.7. The van der Waals surface area contributed by atoms with Crippen molar-refractivity contribution in [1.82, 2.24) is 15.1 Å². The molecule has 5 aliphatic rings. The molecule has 2 amide bonds. The number of amides is 2. The van der Waals surface area contributed by atoms with Gasteiger partial charge in [0.15, 0.2) is 0 Å². The molecule has 152 valence electrons. The molecular formula is C21H35N3O3. The quantitative estimate of drug-likeness (QED) is 0.800. The molecule has 0 radical (unpaired) electrons. The van der Waals surface area contributed by atoms with Gasteiger partial charge in [0.2, 0.25) is 5.91 Å². The third kappa shape index (κ3) is 3.96. The van der Waals surface area contributed by atoms with Gasteiger partial charge >= 0.3 is 6.09 Å². The molecule has 1 N–H and O–H groups in total. The average molecular weight is 378 g/mol. The van der Waals surface area contributed by atoms with Gasteiger partial charge in [0, 0.05) is 32.2 Å². The summed E-state index contributed by atoms with van der Waals surface area (Å²) >= 11 is 0. The van der Waals surface area contributed by atoms with E-state index in [1.807, 2.05) is 6.92 Å². The van der Waals surface area contributed by atoms with E-state index in [0.29, 0.717) is 31.7 Å². The van der Waals surface area contributed by atoms with E-state index in [9.17, 15) is 9.59 Å². The van der Waals surface area contributed by atoms with Gasteiger partial charge in [0.1, 0.15) is 0 Å². The van der Waals surface area contributed by atoms with Gasteiger partial charge < -0.3 is 15.0 Å². The summed E-state index contributed by atoms with van der Waals surface area (Å²) in [4.78, 5) is 28.3. The molecular weight excluding hydrogens is 342 g/mol. The molecule has 5 fully saturated rings. The number of nitrogens with zero attached hydrogens (tertiary/aromatic N) is 2. The van der Waals surface area contributed by atoms with Crippen LogP contribution in [0.3, 0.4) is 0 Å². The van der Waals surface area contributed by atoms with E-state index in [1.54, 1.807) is 4.90 Å². The fourth-order valence-electron chi connectivity index (χ4n) is 6.65. The Hall–Kier alpha value is -1.30. The second kappa shape index (κ2) is 7.61. The summed E-state index contributed by atoms with van der Waals surface area (Å²) in [6.07, 6.45) is 8.02. The summed E-state index contributed by atoms with van der Waals surface area (Å²) in [7, 11) is 0. The van der Waals surface area contributed by atoms with Crippen LogP contribution in [0.15, 0.2) is 0 Å². The first-order valence-electron chi connectivity index (χ1n) is 10.9. The van der Waals surface area contributed by atoms with Crippen LogP contribution in [-0.4, -0.2) is 67.2 Å². The fourth-order valence-corrected chi connectivity index (χ4v) is 6.65. The summed E-state index contributed by atoms with van der Waals surface area (Å²) in [5, 5.41) is 3.35. The Balaban J connectivity index is 1.25. The molecule has 1 saturated heterocycles. The van der Waals surface area contributed by atoms with E-state index in [2.05, 4.69) is 17.1 Å². The second-order valence-electron chi connectivity index (χ2n) is 9.53. The van der Waals surface area contributed by atoms with Gasteiger partial charge in [0.25, 0.3) is 0 Å². The van der Waals surface area contributed by atoms with Gasteiger partial charge in [0.05, 0.1) is 13.2 Å². The monoisotopic (exact) mass is 377 g/mol. The lowest BCUT2D eigenvalue weighted by atomic mass is 9.48. The van der Waals surface area contributed by atoms with E-state index in [0.717, 1.165) is 30.8 Å². The Morgan fingerprint density at radius 2 is 1.59 bits per heavy atom. The van der Waals surface area contributed by atoms with Gasteiger partial charge in [-0.15, -0.1) is 0 Å². The van der Waals surface area contributed by atoms with Crippen molar-refractivity contribution in [3.05, 3.63) is 0 Å². The zero-order valence-corrected chi connectivity index (χ0v) is 16.9. The summed E-state index contributed by atoms with van der Waals surface area (Å²) in [6.45, 7) is 7.65. The summed E-state index contributed by atoms with van der Waals surface area (Å²) < 4.78 is 5.06. The van der Waals surface area contributed by atoms with Gasteiger partial charge in [-0.1, -0.05) is 0 Å². The van der Waals surface area contributed by atoms with Crippen molar-refractivity contribution in [1.29, 1.82) is 0 Å². The standard InChI is InChI=1S/C21H35N3O3/c1-3-27-20(26)24-6-4-23(5-7-24)14-19(25)22-15(2)21-11-16-8-17(12-21)10-18(9-16)13-21/h15-18H,3-14H2,1-2H3,(H,22,25)/t15-,16?,17?,18?,21?/m1/s1. The molecule has 0 aromatic rings. The molecule has 1 atom stereocenters. The second-order valence-corrected chi connectivity index (χ2v) is 9.53. The van der Waals surface area contributed by atoms with Crippen LogP contribution in [0.25, 0.3) is 0 Å². The van der Waals surface area contributed by atoms with E-state index < -0.39 is 0 Å². The van der Waals surface area contributed by atoms with E-state index >= 15 is 0 Å². The zero-order chi connectivity index (χ0) is 19.0. The van der Waals surface area contributed by atoms with Crippen molar-refractivity contribution in [2.24, 2.45) is 23.2 Å². The summed E-state index contributed by atoms with van der Waals surface area (Å²) in [5.41, 5.74) is 0.354. The Morgan fingerprint density at radius 3 is 2.11 bits per heavy atom. The number of hydrogen-bond acceptors (Lipinski definition) is 4. The molecule has 0 unspecified atom stereocenters. The van der Waals surface area contributed by atoms with Crippen molar-refractivity contribution in [3.63, 3.8) is 0 Å². The predicted octanol–water partition coefficient (Wildman–Crippen LogP) is 2.48. The molecule has 4 aliphatic carbocycles. The molecule has 1 aliphatic heterocycles. The number of nitrogens with one attached hydrogen (secondary N) is 1. The predicted molar refractivity (Wildman–Crippen MR) is 103 cm³/mol. The Morgan fingerprint density at radius 1 is 1.04 bits per heavy atom. The Labute approximate surface area is 163 Å². The van der Waals surface area contributed by atoms with E-state index in [1.165, 1.54) is 38.5 Å². The van der Waals surface area contributed by atoms with E-state index in [4.69, 9.17) is 4.74 Å². The lowest BCUT2D eigenvalue weighted by Crippen LogP contribution is -2.57. The number of rotatable bonds is 5. The smallest absolute Gasteiger partial charge is 0.409 e. The maximum Gasteiger partial charge on any atom is 0.409 e. The minimum Gasteiger partial charge on any atom is -0.450 e. The molecule has 1 heterocycles. The average Bonchev–Trinajstić information content (AvgIpc) is 2.61. The van der Waals surface area contributed by atoms with Crippen LogP contribution >= 0.6 is 0 Å².